The van der Waals surface area contributed by atoms with Crippen LogP contribution < -0.4 is 10.7 Å². The number of aromatic nitrogens is 2. The highest BCUT2D eigenvalue weighted by Gasteiger charge is 2.13. The van der Waals surface area contributed by atoms with Gasteiger partial charge in [-0.15, -0.1) is 0 Å². The summed E-state index contributed by atoms with van der Waals surface area (Å²) in [5, 5.41) is 6.65. The first-order valence-electron chi connectivity index (χ1n) is 6.86. The molecule has 0 aliphatic rings. The van der Waals surface area contributed by atoms with Gasteiger partial charge >= 0.3 is 0 Å². The summed E-state index contributed by atoms with van der Waals surface area (Å²) in [6, 6.07) is 15.6. The number of para-hydroxylation sites is 1. The Morgan fingerprint density at radius 1 is 1.00 bits per heavy atom. The molecule has 0 bridgehead atoms. The highest BCUT2D eigenvalue weighted by Crippen LogP contribution is 2.08. The Balaban J connectivity index is 1.93. The second-order valence-corrected chi connectivity index (χ2v) is 4.77. The highest BCUT2D eigenvalue weighted by molar-refractivity contribution is 6.02. The first-order valence-corrected chi connectivity index (χ1v) is 6.86. The van der Waals surface area contributed by atoms with E-state index in [0.29, 0.717) is 11.4 Å². The van der Waals surface area contributed by atoms with Crippen molar-refractivity contribution in [2.75, 3.05) is 5.32 Å². The molecular formula is C17H12FN3O2. The van der Waals surface area contributed by atoms with Crippen molar-refractivity contribution in [1.29, 1.82) is 0 Å². The van der Waals surface area contributed by atoms with E-state index in [0.717, 1.165) is 0 Å². The van der Waals surface area contributed by atoms with Gasteiger partial charge in [0, 0.05) is 18.0 Å². The molecule has 0 radical (unpaired) electrons. The lowest BCUT2D eigenvalue weighted by Crippen LogP contribution is -2.25. The number of halogens is 1. The quantitative estimate of drug-likeness (QED) is 0.809. The summed E-state index contributed by atoms with van der Waals surface area (Å²) < 4.78 is 14.3. The Morgan fingerprint density at radius 3 is 2.39 bits per heavy atom. The first-order chi connectivity index (χ1) is 11.1. The molecular weight excluding hydrogens is 297 g/mol. The van der Waals surface area contributed by atoms with Crippen LogP contribution >= 0.6 is 0 Å². The summed E-state index contributed by atoms with van der Waals surface area (Å²) in [6.07, 6.45) is 1.43. The predicted octanol–water partition coefficient (Wildman–Crippen LogP) is 2.62. The SMILES string of the molecule is O=C(Nc1ccccc1)c1nn(-c2ccc(F)cc2)ccc1=O. The van der Waals surface area contributed by atoms with Gasteiger partial charge in [-0.05, 0) is 36.4 Å². The van der Waals surface area contributed by atoms with Crippen LogP contribution in [0.4, 0.5) is 10.1 Å². The molecule has 0 aliphatic heterocycles. The minimum absolute atomic E-state index is 0.235. The smallest absolute Gasteiger partial charge is 0.280 e. The Morgan fingerprint density at radius 2 is 1.70 bits per heavy atom. The number of hydrogen-bond acceptors (Lipinski definition) is 3. The average molecular weight is 309 g/mol. The number of anilines is 1. The molecule has 0 spiro atoms. The lowest BCUT2D eigenvalue weighted by molar-refractivity contribution is 0.101. The molecule has 0 saturated heterocycles. The lowest BCUT2D eigenvalue weighted by Gasteiger charge is -2.08. The normalized spacial score (nSPS) is 10.3. The van der Waals surface area contributed by atoms with Crippen LogP contribution in [0.5, 0.6) is 0 Å². The van der Waals surface area contributed by atoms with Gasteiger partial charge < -0.3 is 5.32 Å². The second kappa shape index (κ2) is 6.23. The van der Waals surface area contributed by atoms with Crippen LogP contribution in [0.1, 0.15) is 10.5 Å². The summed E-state index contributed by atoms with van der Waals surface area (Å²) in [5.74, 6) is -0.977. The molecule has 3 rings (SSSR count). The van der Waals surface area contributed by atoms with Gasteiger partial charge in [-0.3, -0.25) is 9.59 Å². The minimum atomic E-state index is -0.599. The first kappa shape index (κ1) is 14.6. The van der Waals surface area contributed by atoms with Crippen LogP contribution in [-0.4, -0.2) is 15.7 Å². The van der Waals surface area contributed by atoms with E-state index in [1.54, 1.807) is 24.3 Å². The Labute approximate surface area is 131 Å². The van der Waals surface area contributed by atoms with Crippen molar-refractivity contribution in [2.45, 2.75) is 0 Å². The minimum Gasteiger partial charge on any atom is -0.320 e. The van der Waals surface area contributed by atoms with Gasteiger partial charge in [-0.1, -0.05) is 18.2 Å². The molecule has 1 aromatic heterocycles. The van der Waals surface area contributed by atoms with Gasteiger partial charge in [0.25, 0.3) is 5.91 Å². The van der Waals surface area contributed by atoms with Crippen LogP contribution in [-0.2, 0) is 0 Å². The molecule has 1 amide bonds. The van der Waals surface area contributed by atoms with Gasteiger partial charge in [0.2, 0.25) is 5.43 Å². The fourth-order valence-corrected chi connectivity index (χ4v) is 2.01. The molecule has 0 saturated carbocycles. The van der Waals surface area contributed by atoms with Crippen LogP contribution in [0.15, 0.2) is 71.7 Å². The topological polar surface area (TPSA) is 64.0 Å². The van der Waals surface area contributed by atoms with Gasteiger partial charge in [0.05, 0.1) is 5.69 Å². The van der Waals surface area contributed by atoms with E-state index < -0.39 is 11.3 Å². The highest BCUT2D eigenvalue weighted by atomic mass is 19.1. The molecule has 0 unspecified atom stereocenters. The molecule has 0 atom stereocenters. The Kier molecular flexibility index (Phi) is 3.97. The number of nitrogens with one attached hydrogen (secondary N) is 1. The molecule has 5 nitrogen and oxygen atoms in total. The van der Waals surface area contributed by atoms with Crippen molar-refractivity contribution in [3.05, 3.63) is 88.6 Å². The molecule has 23 heavy (non-hydrogen) atoms. The van der Waals surface area contributed by atoms with Crippen molar-refractivity contribution in [1.82, 2.24) is 9.78 Å². The number of carbonyl (C=O) groups is 1. The largest absolute Gasteiger partial charge is 0.320 e. The van der Waals surface area contributed by atoms with E-state index >= 15 is 0 Å². The van der Waals surface area contributed by atoms with Crippen molar-refractivity contribution >= 4 is 11.6 Å². The zero-order valence-corrected chi connectivity index (χ0v) is 11.9. The third kappa shape index (κ3) is 3.32. The Bertz CT molecular complexity index is 890. The van der Waals surface area contributed by atoms with Gasteiger partial charge in [-0.2, -0.15) is 5.10 Å². The number of rotatable bonds is 3. The fraction of sp³-hybridized carbons (Fsp3) is 0. The van der Waals surface area contributed by atoms with E-state index in [2.05, 4.69) is 10.4 Å². The molecule has 114 valence electrons. The van der Waals surface area contributed by atoms with Gasteiger partial charge in [0.1, 0.15) is 5.82 Å². The number of carbonyl (C=O) groups excluding carboxylic acids is 1. The molecule has 2 aromatic carbocycles. The monoisotopic (exact) mass is 309 g/mol. The van der Waals surface area contributed by atoms with Crippen LogP contribution in [0, 0.1) is 5.82 Å². The summed E-state index contributed by atoms with van der Waals surface area (Å²) in [6.45, 7) is 0. The van der Waals surface area contributed by atoms with Crippen molar-refractivity contribution in [3.8, 4) is 5.69 Å². The van der Waals surface area contributed by atoms with Crippen molar-refractivity contribution in [2.24, 2.45) is 0 Å². The number of hydrogen-bond donors (Lipinski definition) is 1. The van der Waals surface area contributed by atoms with Crippen LogP contribution in [0.25, 0.3) is 5.69 Å². The zero-order valence-electron chi connectivity index (χ0n) is 11.9. The summed E-state index contributed by atoms with van der Waals surface area (Å²) in [4.78, 5) is 24.1. The molecule has 1 N–H and O–H groups in total. The Hall–Kier alpha value is -3.28. The van der Waals surface area contributed by atoms with Crippen LogP contribution in [0.2, 0.25) is 0 Å². The van der Waals surface area contributed by atoms with Gasteiger partial charge in [-0.25, -0.2) is 9.07 Å². The average Bonchev–Trinajstić information content (AvgIpc) is 2.57. The van der Waals surface area contributed by atoms with Crippen LogP contribution in [0.3, 0.4) is 0 Å². The maximum absolute atomic E-state index is 13.0. The molecule has 0 fully saturated rings. The maximum Gasteiger partial charge on any atom is 0.280 e. The van der Waals surface area contributed by atoms with Crippen molar-refractivity contribution < 1.29 is 9.18 Å². The zero-order chi connectivity index (χ0) is 16.2. The van der Waals surface area contributed by atoms with E-state index in [4.69, 9.17) is 0 Å². The number of nitrogens with zero attached hydrogens (tertiary/aromatic N) is 2. The van der Waals surface area contributed by atoms with E-state index in [-0.39, 0.29) is 11.5 Å². The summed E-state index contributed by atoms with van der Waals surface area (Å²) >= 11 is 0. The number of benzene rings is 2. The van der Waals surface area contributed by atoms with E-state index in [1.165, 1.54) is 41.2 Å². The summed E-state index contributed by atoms with van der Waals surface area (Å²) in [5.41, 5.74) is 0.383. The third-order valence-electron chi connectivity index (χ3n) is 3.15. The van der Waals surface area contributed by atoms with E-state index in [1.807, 2.05) is 6.07 Å². The predicted molar refractivity (Wildman–Crippen MR) is 84.2 cm³/mol. The fourth-order valence-electron chi connectivity index (χ4n) is 2.01. The third-order valence-corrected chi connectivity index (χ3v) is 3.15. The maximum atomic E-state index is 13.0. The van der Waals surface area contributed by atoms with Gasteiger partial charge in [0.15, 0.2) is 5.69 Å². The lowest BCUT2D eigenvalue weighted by atomic mass is 10.3. The van der Waals surface area contributed by atoms with Crippen molar-refractivity contribution in [3.63, 3.8) is 0 Å². The molecule has 6 heteroatoms. The second-order valence-electron chi connectivity index (χ2n) is 4.77. The summed E-state index contributed by atoms with van der Waals surface area (Å²) in [7, 11) is 0. The standard InChI is InChI=1S/C17H12FN3O2/c18-12-6-8-14(9-7-12)21-11-10-15(22)16(20-21)17(23)19-13-4-2-1-3-5-13/h1-11H,(H,19,23). The molecule has 1 heterocycles. The molecule has 3 aromatic rings. The van der Waals surface area contributed by atoms with E-state index in [9.17, 15) is 14.0 Å². The number of amides is 1. The molecule has 0 aliphatic carbocycles.